The van der Waals surface area contributed by atoms with Gasteiger partial charge in [0.25, 0.3) is 0 Å². The van der Waals surface area contributed by atoms with E-state index in [0.717, 1.165) is 11.0 Å². The molecule has 4 aromatic rings. The van der Waals surface area contributed by atoms with Gasteiger partial charge < -0.3 is 0 Å². The SMILES string of the molecule is CC(/C=C/c1ccccc1)c1ccccc1.C[P@](c1nc2ccccc2nc1[P@](C)C(C)(C)C)C(C)(C)C. The summed E-state index contributed by atoms with van der Waals surface area (Å²) in [6, 6.07) is 29.2. The highest BCUT2D eigenvalue weighted by atomic mass is 31.1. The van der Waals surface area contributed by atoms with Crippen LogP contribution in [0.1, 0.15) is 65.5 Å². The van der Waals surface area contributed by atoms with Gasteiger partial charge in [0.15, 0.2) is 0 Å². The van der Waals surface area contributed by atoms with Crippen LogP contribution in [0.25, 0.3) is 17.1 Å². The number of nitrogens with zero attached hydrogens (tertiary/aromatic N) is 2. The Morgan fingerprint density at radius 3 is 1.42 bits per heavy atom. The maximum atomic E-state index is 5.06. The normalized spacial score (nSPS) is 14.6. The van der Waals surface area contributed by atoms with Crippen molar-refractivity contribution in [1.82, 2.24) is 9.97 Å². The summed E-state index contributed by atoms with van der Waals surface area (Å²) in [5.74, 6) is 0.460. The van der Waals surface area contributed by atoms with E-state index < -0.39 is 0 Å². The maximum absolute atomic E-state index is 5.06. The molecule has 4 rings (SSSR count). The van der Waals surface area contributed by atoms with Crippen molar-refractivity contribution >= 4 is 43.8 Å². The monoisotopic (exact) mass is 542 g/mol. The number of aromatic nitrogens is 2. The van der Waals surface area contributed by atoms with Crippen LogP contribution in [0.15, 0.2) is 91.0 Å². The second-order valence-electron chi connectivity index (χ2n) is 11.8. The molecule has 0 N–H and O–H groups in total. The third-order valence-corrected chi connectivity index (χ3v) is 13.0. The van der Waals surface area contributed by atoms with Gasteiger partial charge in [-0.3, -0.25) is 0 Å². The molecule has 2 nitrogen and oxygen atoms in total. The standard InChI is InChI=1S/C18H28N2P2.C16H16/c1-17(2,3)21(7)15-16(22(8)18(4,5)6)20-14-12-10-9-11-13(14)19-15;1-14(16-10-6-3-7-11-16)12-13-15-8-4-2-5-9-15/h9-12H,1-8H3;2-14H,1H3/b;13-12+/t21-,22+;. The lowest BCUT2D eigenvalue weighted by atomic mass is 10.00. The molecule has 3 aromatic carbocycles. The van der Waals surface area contributed by atoms with E-state index in [1.807, 2.05) is 18.2 Å². The number of allylic oxidation sites excluding steroid dienone is 1. The molecule has 0 aliphatic heterocycles. The first-order chi connectivity index (χ1) is 17.9. The predicted octanol–water partition coefficient (Wildman–Crippen LogP) is 9.20. The van der Waals surface area contributed by atoms with Gasteiger partial charge in [-0.2, -0.15) is 0 Å². The molecule has 0 saturated heterocycles. The van der Waals surface area contributed by atoms with E-state index in [1.165, 1.54) is 22.0 Å². The van der Waals surface area contributed by atoms with E-state index in [2.05, 4.69) is 141 Å². The lowest BCUT2D eigenvalue weighted by Gasteiger charge is -2.33. The van der Waals surface area contributed by atoms with E-state index in [0.29, 0.717) is 5.92 Å². The van der Waals surface area contributed by atoms with E-state index in [4.69, 9.17) is 9.97 Å². The van der Waals surface area contributed by atoms with Crippen molar-refractivity contribution in [3.63, 3.8) is 0 Å². The molecular weight excluding hydrogens is 498 g/mol. The molecule has 200 valence electrons. The second kappa shape index (κ2) is 13.1. The summed E-state index contributed by atoms with van der Waals surface area (Å²) < 4.78 is 0. The summed E-state index contributed by atoms with van der Waals surface area (Å²) in [5.41, 5.74) is 7.17. The molecule has 0 saturated carbocycles. The summed E-state index contributed by atoms with van der Waals surface area (Å²) in [6.07, 6.45) is 4.42. The average molecular weight is 543 g/mol. The number of hydrogen-bond acceptors (Lipinski definition) is 2. The minimum atomic E-state index is -0.348. The van der Waals surface area contributed by atoms with Crippen LogP contribution in [0.2, 0.25) is 0 Å². The molecule has 0 fully saturated rings. The van der Waals surface area contributed by atoms with Gasteiger partial charge in [-0.15, -0.1) is 0 Å². The second-order valence-corrected chi connectivity index (χ2v) is 17.6. The molecule has 4 heteroatoms. The molecule has 1 unspecified atom stereocenters. The lowest BCUT2D eigenvalue weighted by Crippen LogP contribution is -2.36. The largest absolute Gasteiger partial charge is 0.244 e. The molecular formula is C34H44N2P2. The van der Waals surface area contributed by atoms with Gasteiger partial charge in [0.2, 0.25) is 0 Å². The van der Waals surface area contributed by atoms with Crippen LogP contribution in [0.5, 0.6) is 0 Å². The van der Waals surface area contributed by atoms with Crippen LogP contribution in [-0.4, -0.2) is 33.6 Å². The number of benzene rings is 3. The van der Waals surface area contributed by atoms with E-state index in [9.17, 15) is 0 Å². The van der Waals surface area contributed by atoms with E-state index >= 15 is 0 Å². The number of para-hydroxylation sites is 2. The molecule has 0 aliphatic carbocycles. The Kier molecular flexibility index (Phi) is 10.4. The Morgan fingerprint density at radius 1 is 0.605 bits per heavy atom. The molecule has 0 bridgehead atoms. The number of hydrogen-bond donors (Lipinski definition) is 0. The van der Waals surface area contributed by atoms with Crippen LogP contribution in [0, 0.1) is 0 Å². The van der Waals surface area contributed by atoms with Gasteiger partial charge in [-0.05, 0) is 52.8 Å². The molecule has 3 atom stereocenters. The Balaban J connectivity index is 0.000000221. The summed E-state index contributed by atoms with van der Waals surface area (Å²) >= 11 is 0. The Morgan fingerprint density at radius 2 is 1.00 bits per heavy atom. The van der Waals surface area contributed by atoms with E-state index in [-0.39, 0.29) is 26.2 Å². The third-order valence-electron chi connectivity index (χ3n) is 6.88. The zero-order chi connectivity index (χ0) is 27.9. The van der Waals surface area contributed by atoms with Crippen LogP contribution < -0.4 is 10.9 Å². The topological polar surface area (TPSA) is 25.8 Å². The van der Waals surface area contributed by atoms with Crippen molar-refractivity contribution in [1.29, 1.82) is 0 Å². The van der Waals surface area contributed by atoms with Gasteiger partial charge in [0.05, 0.1) is 21.9 Å². The minimum Gasteiger partial charge on any atom is -0.244 e. The van der Waals surface area contributed by atoms with Gasteiger partial charge >= 0.3 is 0 Å². The lowest BCUT2D eigenvalue weighted by molar-refractivity contribution is 0.787. The summed E-state index contributed by atoms with van der Waals surface area (Å²) in [4.78, 5) is 10.1. The van der Waals surface area contributed by atoms with Gasteiger partial charge in [-0.1, -0.05) is 149 Å². The van der Waals surface area contributed by atoms with Crippen LogP contribution >= 0.6 is 15.8 Å². The quantitative estimate of drug-likeness (QED) is 0.235. The fraction of sp³-hybridized carbons (Fsp3) is 0.353. The van der Waals surface area contributed by atoms with Crippen molar-refractivity contribution in [2.75, 3.05) is 13.3 Å². The molecule has 0 aliphatic rings. The predicted molar refractivity (Wildman–Crippen MR) is 174 cm³/mol. The highest BCUT2D eigenvalue weighted by Gasteiger charge is 2.31. The zero-order valence-corrected chi connectivity index (χ0v) is 26.4. The highest BCUT2D eigenvalue weighted by Crippen LogP contribution is 2.49. The van der Waals surface area contributed by atoms with Crippen LogP contribution in [0.4, 0.5) is 0 Å². The molecule has 38 heavy (non-hydrogen) atoms. The first-order valence-electron chi connectivity index (χ1n) is 13.4. The first-order valence-corrected chi connectivity index (χ1v) is 17.0. The fourth-order valence-corrected chi connectivity index (χ4v) is 7.14. The Bertz CT molecular complexity index is 1260. The smallest absolute Gasteiger partial charge is 0.0899 e. The van der Waals surface area contributed by atoms with Crippen molar-refractivity contribution in [2.24, 2.45) is 0 Å². The highest BCUT2D eigenvalue weighted by molar-refractivity contribution is 7.72. The molecule has 1 aromatic heterocycles. The number of fused-ring (bicyclic) bond motifs is 1. The minimum absolute atomic E-state index is 0.245. The summed E-state index contributed by atoms with van der Waals surface area (Å²) in [5, 5.41) is 0.491. The van der Waals surface area contributed by atoms with Crippen molar-refractivity contribution in [3.05, 3.63) is 102 Å². The first kappa shape index (κ1) is 30.1. The van der Waals surface area contributed by atoms with Crippen molar-refractivity contribution in [3.8, 4) is 0 Å². The third kappa shape index (κ3) is 8.30. The molecule has 0 radical (unpaired) electrons. The summed E-state index contributed by atoms with van der Waals surface area (Å²) in [7, 11) is -0.695. The van der Waals surface area contributed by atoms with Crippen molar-refractivity contribution < 1.29 is 0 Å². The fourth-order valence-electron chi connectivity index (χ4n) is 3.75. The van der Waals surface area contributed by atoms with Crippen LogP contribution in [-0.2, 0) is 0 Å². The molecule has 1 heterocycles. The number of rotatable bonds is 5. The van der Waals surface area contributed by atoms with Crippen LogP contribution in [0.3, 0.4) is 0 Å². The van der Waals surface area contributed by atoms with Crippen molar-refractivity contribution in [2.45, 2.75) is 64.7 Å². The zero-order valence-electron chi connectivity index (χ0n) is 24.6. The Hall–Kier alpha value is -2.40. The van der Waals surface area contributed by atoms with Gasteiger partial charge in [0, 0.05) is 0 Å². The summed E-state index contributed by atoms with van der Waals surface area (Å²) in [6.45, 7) is 20.8. The molecule has 0 amide bonds. The van der Waals surface area contributed by atoms with Gasteiger partial charge in [0.1, 0.15) is 0 Å². The Labute approximate surface area is 233 Å². The maximum Gasteiger partial charge on any atom is 0.0899 e. The average Bonchev–Trinajstić information content (AvgIpc) is 2.90. The molecule has 0 spiro atoms. The van der Waals surface area contributed by atoms with Gasteiger partial charge in [-0.25, -0.2) is 9.97 Å². The van der Waals surface area contributed by atoms with E-state index in [1.54, 1.807) is 0 Å².